The Morgan fingerprint density at radius 3 is 2.65 bits per heavy atom. The topological polar surface area (TPSA) is 90.1 Å². The number of nitrogens with zero attached hydrogens (tertiary/aromatic N) is 2. The molecule has 3 aromatic rings. The van der Waals surface area contributed by atoms with Crippen LogP contribution in [-0.4, -0.2) is 42.6 Å². The molecule has 2 fully saturated rings. The van der Waals surface area contributed by atoms with E-state index in [2.05, 4.69) is 22.2 Å². The number of pyridine rings is 2. The normalized spacial score (nSPS) is 23.9. The highest BCUT2D eigenvalue weighted by Crippen LogP contribution is 2.44. The van der Waals surface area contributed by atoms with Crippen LogP contribution in [-0.2, 0) is 11.2 Å². The minimum atomic E-state index is -0.660. The second-order valence-corrected chi connectivity index (χ2v) is 10.3. The Kier molecular flexibility index (Phi) is 7.31. The van der Waals surface area contributed by atoms with E-state index in [1.165, 1.54) is 23.8 Å². The van der Waals surface area contributed by atoms with Gasteiger partial charge >= 0.3 is 0 Å². The summed E-state index contributed by atoms with van der Waals surface area (Å²) >= 11 is 0. The number of carbonyl (C=O) groups excluding carboxylic acids is 1. The Labute approximate surface area is 215 Å². The van der Waals surface area contributed by atoms with Crippen LogP contribution in [0.2, 0.25) is 0 Å². The van der Waals surface area contributed by atoms with Crippen molar-refractivity contribution in [2.75, 3.05) is 25.6 Å². The smallest absolute Gasteiger partial charge is 0.168 e. The number of aromatic nitrogens is 2. The standard InChI is InChI=1S/C29H32F2N4O2/c1-16-17(7-19(11-26(16)32)23-5-6-34-12-27(23)33-2)8-20-9-18(21-14-37-15-21)10-25(31)28(20)29-24(30)4-3-22(13-36)35-29/h3-6,9-10,12-13,16-17,19,21,26,33H,7-8,11,14-15,32H2,1-2H3. The van der Waals surface area contributed by atoms with Gasteiger partial charge in [-0.15, -0.1) is 0 Å². The highest BCUT2D eigenvalue weighted by Gasteiger charge is 2.36. The van der Waals surface area contributed by atoms with Crippen LogP contribution in [0.3, 0.4) is 0 Å². The monoisotopic (exact) mass is 506 g/mol. The fraction of sp³-hybridized carbons (Fsp3) is 0.414. The Morgan fingerprint density at radius 2 is 1.95 bits per heavy atom. The molecule has 0 radical (unpaired) electrons. The van der Waals surface area contributed by atoms with E-state index in [1.807, 2.05) is 25.4 Å². The van der Waals surface area contributed by atoms with Crippen LogP contribution in [0.5, 0.6) is 0 Å². The van der Waals surface area contributed by atoms with Gasteiger partial charge in [0, 0.05) is 30.8 Å². The van der Waals surface area contributed by atoms with E-state index >= 15 is 4.39 Å². The van der Waals surface area contributed by atoms with Gasteiger partial charge in [0.15, 0.2) is 6.29 Å². The average Bonchev–Trinajstić information content (AvgIpc) is 2.86. The lowest BCUT2D eigenvalue weighted by atomic mass is 9.67. The number of nitrogens with two attached hydrogens (primary N) is 1. The quantitative estimate of drug-likeness (QED) is 0.434. The SMILES string of the molecule is CNc1cnccc1C1CC(N)C(C)C(Cc2cc(C3COC3)cc(F)c2-c2nc(C=O)ccc2F)C1. The molecular weight excluding hydrogens is 474 g/mol. The van der Waals surface area contributed by atoms with Crippen molar-refractivity contribution in [1.29, 1.82) is 0 Å². The fourth-order valence-electron chi connectivity index (χ4n) is 5.82. The van der Waals surface area contributed by atoms with E-state index in [1.54, 1.807) is 6.20 Å². The van der Waals surface area contributed by atoms with E-state index in [4.69, 9.17) is 10.5 Å². The number of nitrogens with one attached hydrogen (secondary N) is 1. The van der Waals surface area contributed by atoms with Crippen molar-refractivity contribution in [1.82, 2.24) is 9.97 Å². The Balaban J connectivity index is 1.56. The molecule has 8 heteroatoms. The third-order valence-corrected chi connectivity index (χ3v) is 8.14. The molecule has 2 aromatic heterocycles. The molecule has 1 aliphatic heterocycles. The molecule has 0 spiro atoms. The Hall–Kier alpha value is -3.23. The number of halogens is 2. The molecular formula is C29H32F2N4O2. The molecule has 3 N–H and O–H groups in total. The molecule has 194 valence electrons. The predicted octanol–water partition coefficient (Wildman–Crippen LogP) is 5.09. The maximum Gasteiger partial charge on any atom is 0.168 e. The molecule has 1 saturated heterocycles. The van der Waals surface area contributed by atoms with Gasteiger partial charge in [-0.3, -0.25) is 9.78 Å². The summed E-state index contributed by atoms with van der Waals surface area (Å²) in [6, 6.07) is 7.88. The summed E-state index contributed by atoms with van der Waals surface area (Å²) < 4.78 is 36.0. The van der Waals surface area contributed by atoms with Crippen LogP contribution in [0.25, 0.3) is 11.3 Å². The minimum Gasteiger partial charge on any atom is -0.387 e. The van der Waals surface area contributed by atoms with Crippen molar-refractivity contribution in [3.05, 3.63) is 76.7 Å². The summed E-state index contributed by atoms with van der Waals surface area (Å²) in [6.45, 7) is 3.21. The molecule has 1 aromatic carbocycles. The lowest BCUT2D eigenvalue weighted by Gasteiger charge is -2.40. The van der Waals surface area contributed by atoms with Gasteiger partial charge in [-0.2, -0.15) is 0 Å². The van der Waals surface area contributed by atoms with Crippen molar-refractivity contribution in [3.8, 4) is 11.3 Å². The first-order valence-corrected chi connectivity index (χ1v) is 12.8. The zero-order valence-corrected chi connectivity index (χ0v) is 21.1. The first-order chi connectivity index (χ1) is 17.9. The van der Waals surface area contributed by atoms with Gasteiger partial charge in [-0.1, -0.05) is 13.0 Å². The molecule has 5 rings (SSSR count). The number of carbonyl (C=O) groups is 1. The first kappa shape index (κ1) is 25.4. The van der Waals surface area contributed by atoms with Crippen molar-refractivity contribution < 1.29 is 18.3 Å². The van der Waals surface area contributed by atoms with Gasteiger partial charge in [0.05, 0.1) is 25.1 Å². The van der Waals surface area contributed by atoms with E-state index in [0.717, 1.165) is 24.1 Å². The van der Waals surface area contributed by atoms with Crippen molar-refractivity contribution in [3.63, 3.8) is 0 Å². The van der Waals surface area contributed by atoms with Crippen LogP contribution in [0.4, 0.5) is 14.5 Å². The number of hydrogen-bond donors (Lipinski definition) is 2. The van der Waals surface area contributed by atoms with Gasteiger partial charge in [0.2, 0.25) is 0 Å². The fourth-order valence-corrected chi connectivity index (χ4v) is 5.82. The molecule has 6 nitrogen and oxygen atoms in total. The number of rotatable bonds is 7. The molecule has 2 aliphatic rings. The highest BCUT2D eigenvalue weighted by molar-refractivity contribution is 5.75. The number of hydrogen-bond acceptors (Lipinski definition) is 6. The summed E-state index contributed by atoms with van der Waals surface area (Å²) in [6.07, 6.45) is 6.37. The Bertz CT molecular complexity index is 1300. The summed E-state index contributed by atoms with van der Waals surface area (Å²) in [5, 5.41) is 3.23. The lowest BCUT2D eigenvalue weighted by molar-refractivity contribution is 0.00829. The van der Waals surface area contributed by atoms with Crippen LogP contribution < -0.4 is 11.1 Å². The van der Waals surface area contributed by atoms with E-state index in [9.17, 15) is 9.18 Å². The summed E-state index contributed by atoms with van der Waals surface area (Å²) in [7, 11) is 1.88. The van der Waals surface area contributed by atoms with Crippen molar-refractivity contribution in [2.45, 2.75) is 44.1 Å². The maximum absolute atomic E-state index is 15.7. The maximum atomic E-state index is 15.7. The van der Waals surface area contributed by atoms with Gasteiger partial charge in [-0.25, -0.2) is 13.8 Å². The lowest BCUT2D eigenvalue weighted by Crippen LogP contribution is -2.41. The zero-order valence-electron chi connectivity index (χ0n) is 21.1. The predicted molar refractivity (Wildman–Crippen MR) is 139 cm³/mol. The molecule has 1 aliphatic carbocycles. The van der Waals surface area contributed by atoms with E-state index in [-0.39, 0.29) is 46.7 Å². The molecule has 0 amide bonds. The van der Waals surface area contributed by atoms with Gasteiger partial charge < -0.3 is 15.8 Å². The average molecular weight is 507 g/mol. The number of anilines is 1. The van der Waals surface area contributed by atoms with E-state index in [0.29, 0.717) is 31.5 Å². The summed E-state index contributed by atoms with van der Waals surface area (Å²) in [4.78, 5) is 19.8. The Morgan fingerprint density at radius 1 is 1.14 bits per heavy atom. The van der Waals surface area contributed by atoms with Crippen LogP contribution in [0.1, 0.15) is 58.8 Å². The van der Waals surface area contributed by atoms with Crippen LogP contribution in [0, 0.1) is 23.5 Å². The number of benzene rings is 1. The second kappa shape index (κ2) is 10.6. The second-order valence-electron chi connectivity index (χ2n) is 10.3. The first-order valence-electron chi connectivity index (χ1n) is 12.8. The van der Waals surface area contributed by atoms with Crippen LogP contribution >= 0.6 is 0 Å². The van der Waals surface area contributed by atoms with Gasteiger partial charge in [0.1, 0.15) is 23.0 Å². The number of ether oxygens (including phenoxy) is 1. The largest absolute Gasteiger partial charge is 0.387 e. The number of aldehydes is 1. The van der Waals surface area contributed by atoms with Gasteiger partial charge in [0.25, 0.3) is 0 Å². The third-order valence-electron chi connectivity index (χ3n) is 8.14. The molecule has 1 saturated carbocycles. The molecule has 4 atom stereocenters. The van der Waals surface area contributed by atoms with Crippen molar-refractivity contribution in [2.24, 2.45) is 17.6 Å². The molecule has 0 bridgehead atoms. The molecule has 37 heavy (non-hydrogen) atoms. The highest BCUT2D eigenvalue weighted by atomic mass is 19.1. The van der Waals surface area contributed by atoms with Gasteiger partial charge in [-0.05, 0) is 78.0 Å². The van der Waals surface area contributed by atoms with Crippen LogP contribution in [0.15, 0.2) is 42.7 Å². The molecule has 3 heterocycles. The zero-order chi connectivity index (χ0) is 26.1. The van der Waals surface area contributed by atoms with Crippen molar-refractivity contribution >= 4 is 12.0 Å². The van der Waals surface area contributed by atoms with E-state index < -0.39 is 11.6 Å². The third kappa shape index (κ3) is 5.00. The summed E-state index contributed by atoms with van der Waals surface area (Å²) in [5.41, 5.74) is 10.4. The summed E-state index contributed by atoms with van der Waals surface area (Å²) in [5.74, 6) is -0.560. The molecule has 4 unspecified atom stereocenters. The minimum absolute atomic E-state index is 0.0358.